The molecule has 0 unspecified atom stereocenters. The summed E-state index contributed by atoms with van der Waals surface area (Å²) in [5.41, 5.74) is 2.02. The Bertz CT molecular complexity index is 1230. The predicted octanol–water partition coefficient (Wildman–Crippen LogP) is 3.62. The van der Waals surface area contributed by atoms with Crippen molar-refractivity contribution in [1.29, 1.82) is 5.26 Å². The van der Waals surface area contributed by atoms with Crippen LogP contribution in [0.4, 0.5) is 5.82 Å². The number of benzene rings is 1. The van der Waals surface area contributed by atoms with Gasteiger partial charge in [-0.1, -0.05) is 36.8 Å². The van der Waals surface area contributed by atoms with Gasteiger partial charge in [0.2, 0.25) is 18.1 Å². The third-order valence-electron chi connectivity index (χ3n) is 5.06. The Hall–Kier alpha value is -4.78. The van der Waals surface area contributed by atoms with Crippen LogP contribution < -0.4 is 10.1 Å². The molecule has 1 N–H and O–H groups in total. The first-order chi connectivity index (χ1) is 17.4. The Morgan fingerprint density at radius 2 is 1.78 bits per heavy atom. The fourth-order valence-corrected chi connectivity index (χ4v) is 3.14. The summed E-state index contributed by atoms with van der Waals surface area (Å²) in [5.74, 6) is 1.28. The van der Waals surface area contributed by atoms with Crippen LogP contribution in [0, 0.1) is 18.3 Å². The van der Waals surface area contributed by atoms with Crippen molar-refractivity contribution in [3.63, 3.8) is 0 Å². The number of nitrogens with one attached hydrogen (secondary N) is 1. The smallest absolute Gasteiger partial charge is 0.249 e. The number of hydrogen-bond donors (Lipinski definition) is 1. The molecule has 0 aliphatic rings. The minimum absolute atomic E-state index is 0.0452. The molecule has 0 spiro atoms. The normalized spacial score (nSPS) is 10.8. The van der Waals surface area contributed by atoms with E-state index in [0.29, 0.717) is 36.1 Å². The summed E-state index contributed by atoms with van der Waals surface area (Å²) < 4.78 is 5.65. The summed E-state index contributed by atoms with van der Waals surface area (Å²) in [7, 11) is 1.71. The van der Waals surface area contributed by atoms with E-state index in [1.54, 1.807) is 24.1 Å². The summed E-state index contributed by atoms with van der Waals surface area (Å²) in [6.45, 7) is 4.83. The van der Waals surface area contributed by atoms with E-state index in [9.17, 15) is 9.59 Å². The highest BCUT2D eigenvalue weighted by atomic mass is 16.5. The van der Waals surface area contributed by atoms with Crippen LogP contribution in [0.5, 0.6) is 11.5 Å². The van der Waals surface area contributed by atoms with Crippen molar-refractivity contribution >= 4 is 18.1 Å². The van der Waals surface area contributed by atoms with Crippen molar-refractivity contribution in [2.75, 3.05) is 18.9 Å². The number of aromatic nitrogens is 3. The van der Waals surface area contributed by atoms with Gasteiger partial charge in [0.05, 0.1) is 25.1 Å². The third-order valence-corrected chi connectivity index (χ3v) is 5.06. The highest BCUT2D eigenvalue weighted by molar-refractivity contribution is 5.89. The summed E-state index contributed by atoms with van der Waals surface area (Å²) in [4.78, 5) is 39.8. The van der Waals surface area contributed by atoms with Crippen LogP contribution in [-0.4, -0.2) is 50.7 Å². The van der Waals surface area contributed by atoms with Crippen LogP contribution in [0.15, 0.2) is 66.9 Å². The fourth-order valence-electron chi connectivity index (χ4n) is 3.14. The number of nitriles is 1. The standard InChI is InChI=1S/C26H27N7O3/c1-4-11-32(3)26(35)12-25(33(18-34)17-20-7-5-19(2)6-8-20)31-23-10-9-21(14-28-23)36-22-15-29-24(13-27)30-16-22/h5-10,12,14-16,18H,4,11,17H2,1-3H3,(H,28,31)/b25-12-. The van der Waals surface area contributed by atoms with E-state index in [1.165, 1.54) is 29.6 Å². The average Bonchev–Trinajstić information content (AvgIpc) is 2.89. The number of ether oxygens (including phenoxy) is 1. The maximum atomic E-state index is 12.7. The lowest BCUT2D eigenvalue weighted by Gasteiger charge is -2.23. The largest absolute Gasteiger partial charge is 0.452 e. The molecule has 0 saturated heterocycles. The molecule has 0 atom stereocenters. The highest BCUT2D eigenvalue weighted by Crippen LogP contribution is 2.21. The van der Waals surface area contributed by atoms with E-state index >= 15 is 0 Å². The zero-order valence-electron chi connectivity index (χ0n) is 20.4. The lowest BCUT2D eigenvalue weighted by molar-refractivity contribution is -0.124. The van der Waals surface area contributed by atoms with Gasteiger partial charge in [-0.05, 0) is 31.0 Å². The molecule has 3 rings (SSSR count). The van der Waals surface area contributed by atoms with Crippen molar-refractivity contribution in [1.82, 2.24) is 24.8 Å². The maximum Gasteiger partial charge on any atom is 0.249 e. The summed E-state index contributed by atoms with van der Waals surface area (Å²) >= 11 is 0. The number of pyridine rings is 1. The Morgan fingerprint density at radius 1 is 1.08 bits per heavy atom. The number of amides is 2. The lowest BCUT2D eigenvalue weighted by Crippen LogP contribution is -2.31. The number of carbonyl (C=O) groups excluding carboxylic acids is 2. The minimum atomic E-state index is -0.240. The van der Waals surface area contributed by atoms with Crippen LogP contribution in [0.3, 0.4) is 0 Å². The molecule has 2 aromatic heterocycles. The first kappa shape index (κ1) is 25.8. The number of anilines is 1. The fraction of sp³-hybridized carbons (Fsp3) is 0.231. The van der Waals surface area contributed by atoms with Crippen LogP contribution >= 0.6 is 0 Å². The van der Waals surface area contributed by atoms with Gasteiger partial charge in [-0.2, -0.15) is 5.26 Å². The molecule has 0 fully saturated rings. The molecule has 0 aliphatic carbocycles. The lowest BCUT2D eigenvalue weighted by atomic mass is 10.1. The first-order valence-electron chi connectivity index (χ1n) is 11.3. The number of rotatable bonds is 11. The van der Waals surface area contributed by atoms with Gasteiger partial charge in [0.15, 0.2) is 5.75 Å². The Labute approximate surface area is 209 Å². The molecule has 0 bridgehead atoms. The van der Waals surface area contributed by atoms with Crippen LogP contribution in [0.25, 0.3) is 0 Å². The predicted molar refractivity (Wildman–Crippen MR) is 133 cm³/mol. The second-order valence-electron chi connectivity index (χ2n) is 7.97. The Balaban J connectivity index is 1.80. The van der Waals surface area contributed by atoms with Gasteiger partial charge < -0.3 is 15.0 Å². The SMILES string of the molecule is CCCN(C)C(=O)/C=C(/Nc1ccc(Oc2cnc(C#N)nc2)cn1)N(C=O)Cc1ccc(C)cc1. The van der Waals surface area contributed by atoms with Crippen LogP contribution in [0.1, 0.15) is 30.3 Å². The van der Waals surface area contributed by atoms with Gasteiger partial charge in [-0.3, -0.25) is 14.5 Å². The molecule has 36 heavy (non-hydrogen) atoms. The monoisotopic (exact) mass is 485 g/mol. The molecule has 0 aliphatic heterocycles. The quantitative estimate of drug-likeness (QED) is 0.323. The van der Waals surface area contributed by atoms with Gasteiger partial charge in [0.25, 0.3) is 0 Å². The maximum absolute atomic E-state index is 12.7. The van der Waals surface area contributed by atoms with E-state index in [2.05, 4.69) is 20.3 Å². The molecule has 0 radical (unpaired) electrons. The van der Waals surface area contributed by atoms with Gasteiger partial charge in [0, 0.05) is 19.7 Å². The van der Waals surface area contributed by atoms with Gasteiger partial charge in [-0.15, -0.1) is 0 Å². The number of hydrogen-bond acceptors (Lipinski definition) is 8. The van der Waals surface area contributed by atoms with E-state index < -0.39 is 0 Å². The zero-order valence-corrected chi connectivity index (χ0v) is 20.4. The van der Waals surface area contributed by atoms with Crippen LogP contribution in [0.2, 0.25) is 0 Å². The van der Waals surface area contributed by atoms with E-state index in [-0.39, 0.29) is 18.3 Å². The molecule has 1 aromatic carbocycles. The Kier molecular flexibility index (Phi) is 9.06. The summed E-state index contributed by atoms with van der Waals surface area (Å²) in [5, 5.41) is 11.9. The molecular weight excluding hydrogens is 458 g/mol. The van der Waals surface area contributed by atoms with Crippen molar-refractivity contribution in [2.45, 2.75) is 26.8 Å². The van der Waals surface area contributed by atoms with E-state index in [4.69, 9.17) is 10.00 Å². The number of aryl methyl sites for hydroxylation is 1. The summed E-state index contributed by atoms with van der Waals surface area (Å²) in [6.07, 6.45) is 7.14. The molecule has 10 nitrogen and oxygen atoms in total. The molecule has 3 aromatic rings. The molecule has 10 heteroatoms. The Morgan fingerprint density at radius 3 is 2.36 bits per heavy atom. The van der Waals surface area contributed by atoms with Crippen molar-refractivity contribution in [3.8, 4) is 17.6 Å². The first-order valence-corrected chi connectivity index (χ1v) is 11.3. The molecule has 0 saturated carbocycles. The second kappa shape index (κ2) is 12.6. The van der Waals surface area contributed by atoms with Crippen LogP contribution in [-0.2, 0) is 16.1 Å². The van der Waals surface area contributed by atoms with Crippen molar-refractivity contribution < 1.29 is 14.3 Å². The third kappa shape index (κ3) is 7.36. The molecule has 2 amide bonds. The van der Waals surface area contributed by atoms with Gasteiger partial charge >= 0.3 is 0 Å². The number of likely N-dealkylation sites (N-methyl/N-ethyl adjacent to an activating group) is 1. The molecule has 184 valence electrons. The van der Waals surface area contributed by atoms with E-state index in [0.717, 1.165) is 17.5 Å². The second-order valence-corrected chi connectivity index (χ2v) is 7.97. The highest BCUT2D eigenvalue weighted by Gasteiger charge is 2.15. The minimum Gasteiger partial charge on any atom is -0.452 e. The summed E-state index contributed by atoms with van der Waals surface area (Å²) in [6, 6.07) is 13.0. The average molecular weight is 486 g/mol. The van der Waals surface area contributed by atoms with E-state index in [1.807, 2.05) is 44.2 Å². The molecule has 2 heterocycles. The topological polar surface area (TPSA) is 124 Å². The number of nitrogens with zero attached hydrogens (tertiary/aromatic N) is 6. The molecular formula is C26H27N7O3. The van der Waals surface area contributed by atoms with Gasteiger partial charge in [0.1, 0.15) is 23.5 Å². The zero-order chi connectivity index (χ0) is 25.9. The van der Waals surface area contributed by atoms with Crippen molar-refractivity contribution in [2.24, 2.45) is 0 Å². The number of carbonyl (C=O) groups is 2. The van der Waals surface area contributed by atoms with Gasteiger partial charge in [-0.25, -0.2) is 15.0 Å². The van der Waals surface area contributed by atoms with Crippen molar-refractivity contribution in [3.05, 3.63) is 83.8 Å².